The van der Waals surface area contributed by atoms with E-state index in [0.29, 0.717) is 4.68 Å². The number of nitrogens with zero attached hydrogens (tertiary/aromatic N) is 3. The maximum atomic E-state index is 13.5. The number of rotatable bonds is 3. The second-order valence-corrected chi connectivity index (χ2v) is 5.45. The van der Waals surface area contributed by atoms with E-state index in [1.807, 2.05) is 0 Å². The highest BCUT2D eigenvalue weighted by atomic mass is 35.5. The van der Waals surface area contributed by atoms with Crippen LogP contribution in [0, 0.1) is 0 Å². The molecular weight excluding hydrogens is 386 g/mol. The van der Waals surface area contributed by atoms with E-state index in [9.17, 15) is 18.0 Å². The summed E-state index contributed by atoms with van der Waals surface area (Å²) in [6, 6.07) is 4.18. The van der Waals surface area contributed by atoms with E-state index in [4.69, 9.17) is 27.9 Å². The van der Waals surface area contributed by atoms with Crippen molar-refractivity contribution in [3.63, 3.8) is 0 Å². The molecule has 0 aliphatic heterocycles. The summed E-state index contributed by atoms with van der Waals surface area (Å²) in [5.41, 5.74) is -1.69. The van der Waals surface area contributed by atoms with Gasteiger partial charge in [0.2, 0.25) is 0 Å². The number of hydrogen-bond donors (Lipinski definition) is 0. The first-order chi connectivity index (χ1) is 11.8. The summed E-state index contributed by atoms with van der Waals surface area (Å²) in [6.07, 6.45) is -2.22. The lowest BCUT2D eigenvalue weighted by atomic mass is 10.3. The van der Waals surface area contributed by atoms with Crippen molar-refractivity contribution < 1.29 is 27.2 Å². The zero-order chi connectivity index (χ0) is 18.2. The first-order valence-electron chi connectivity index (χ1n) is 6.50. The lowest BCUT2D eigenvalue weighted by Crippen LogP contribution is -2.17. The zero-order valence-electron chi connectivity index (χ0n) is 11.9. The van der Waals surface area contributed by atoms with Crippen molar-refractivity contribution in [2.24, 2.45) is 0 Å². The largest absolute Gasteiger partial charge is 0.437 e. The maximum Gasteiger partial charge on any atom is 0.437 e. The number of carbonyl (C=O) groups excluding carboxylic acids is 1. The van der Waals surface area contributed by atoms with Crippen LogP contribution in [0.1, 0.15) is 16.1 Å². The van der Waals surface area contributed by atoms with E-state index in [1.54, 1.807) is 0 Å². The van der Waals surface area contributed by atoms with Gasteiger partial charge < -0.3 is 9.26 Å². The number of hydrogen-bond acceptors (Lipinski definition) is 5. The summed E-state index contributed by atoms with van der Waals surface area (Å²) in [5, 5.41) is 6.78. The molecule has 0 N–H and O–H groups in total. The highest BCUT2D eigenvalue weighted by molar-refractivity contribution is 6.37. The van der Waals surface area contributed by atoms with E-state index >= 15 is 0 Å². The molecule has 0 amide bonds. The average molecular weight is 392 g/mol. The van der Waals surface area contributed by atoms with E-state index in [1.165, 1.54) is 18.2 Å². The van der Waals surface area contributed by atoms with Crippen LogP contribution in [-0.4, -0.2) is 20.9 Å². The minimum Gasteiger partial charge on any atom is -0.419 e. The fraction of sp³-hybridized carbons (Fsp3) is 0.0714. The van der Waals surface area contributed by atoms with Gasteiger partial charge in [0.25, 0.3) is 0 Å². The number of alkyl halides is 3. The van der Waals surface area contributed by atoms with Crippen LogP contribution in [-0.2, 0) is 6.18 Å². The van der Waals surface area contributed by atoms with Crippen LogP contribution in [0.25, 0.3) is 5.69 Å². The van der Waals surface area contributed by atoms with Crippen molar-refractivity contribution in [2.75, 3.05) is 0 Å². The number of ether oxygens (including phenoxy) is 1. The predicted molar refractivity (Wildman–Crippen MR) is 80.0 cm³/mol. The molecule has 3 aromatic rings. The Balaban J connectivity index is 2.10. The average Bonchev–Trinajstić information content (AvgIpc) is 3.16. The summed E-state index contributed by atoms with van der Waals surface area (Å²) in [7, 11) is 0. The van der Waals surface area contributed by atoms with Crippen molar-refractivity contribution in [2.45, 2.75) is 6.18 Å². The fourth-order valence-corrected chi connectivity index (χ4v) is 2.55. The number of halogens is 5. The Bertz CT molecular complexity index is 903. The Morgan fingerprint density at radius 1 is 1.20 bits per heavy atom. The normalized spacial score (nSPS) is 11.6. The number of esters is 1. The number of carbonyl (C=O) groups is 1. The minimum atomic E-state index is -4.90. The van der Waals surface area contributed by atoms with E-state index in [2.05, 4.69) is 14.8 Å². The van der Waals surface area contributed by atoms with Crippen LogP contribution >= 0.6 is 23.2 Å². The topological polar surface area (TPSA) is 70.2 Å². The summed E-state index contributed by atoms with van der Waals surface area (Å²) < 4.78 is 50.2. The number of aromatic nitrogens is 3. The minimum absolute atomic E-state index is 0.0574. The molecule has 6 nitrogen and oxygen atoms in total. The second-order valence-electron chi connectivity index (χ2n) is 4.64. The first kappa shape index (κ1) is 17.3. The molecule has 2 heterocycles. The molecule has 0 radical (unpaired) electrons. The third kappa shape index (κ3) is 3.33. The van der Waals surface area contributed by atoms with E-state index < -0.39 is 23.6 Å². The zero-order valence-corrected chi connectivity index (χ0v) is 13.4. The van der Waals surface area contributed by atoms with Crippen LogP contribution in [0.2, 0.25) is 10.0 Å². The number of para-hydroxylation sites is 1. The Labute approximate surface area is 147 Å². The molecule has 1 aromatic carbocycles. The molecule has 3 rings (SSSR count). The highest BCUT2D eigenvalue weighted by Gasteiger charge is 2.41. The molecule has 2 aromatic heterocycles. The summed E-state index contributed by atoms with van der Waals surface area (Å²) in [6.45, 7) is 0. The van der Waals surface area contributed by atoms with Gasteiger partial charge in [-0.15, -0.1) is 0 Å². The van der Waals surface area contributed by atoms with Crippen LogP contribution in [0.5, 0.6) is 5.75 Å². The number of benzene rings is 1. The van der Waals surface area contributed by atoms with E-state index in [-0.39, 0.29) is 21.3 Å². The molecule has 0 saturated heterocycles. The lowest BCUT2D eigenvalue weighted by molar-refractivity contribution is -0.143. The van der Waals surface area contributed by atoms with Gasteiger partial charge in [0.15, 0.2) is 11.4 Å². The quantitative estimate of drug-likeness (QED) is 0.618. The smallest absolute Gasteiger partial charge is 0.419 e. The monoisotopic (exact) mass is 391 g/mol. The van der Waals surface area contributed by atoms with Crippen LogP contribution < -0.4 is 4.74 Å². The van der Waals surface area contributed by atoms with Gasteiger partial charge in [0, 0.05) is 0 Å². The molecular formula is C14H6Cl2F3N3O3. The van der Waals surface area contributed by atoms with Gasteiger partial charge in [-0.2, -0.15) is 18.3 Å². The first-order valence-corrected chi connectivity index (χ1v) is 7.26. The molecule has 25 heavy (non-hydrogen) atoms. The van der Waals surface area contributed by atoms with Crippen LogP contribution in [0.15, 0.2) is 41.4 Å². The Morgan fingerprint density at radius 2 is 1.88 bits per heavy atom. The molecule has 130 valence electrons. The van der Waals surface area contributed by atoms with Crippen LogP contribution in [0.4, 0.5) is 13.2 Å². The van der Waals surface area contributed by atoms with Crippen molar-refractivity contribution in [3.05, 3.63) is 58.2 Å². The van der Waals surface area contributed by atoms with Gasteiger partial charge in [0.05, 0.1) is 22.4 Å². The molecule has 0 bridgehead atoms. The standard InChI is InChI=1S/C14H6Cl2F3N3O3/c15-8-2-1-3-9(16)11(8)22-12(14(17,18)19)10(5-20-22)25-13(23)7-4-21-24-6-7/h1-6H. The lowest BCUT2D eigenvalue weighted by Gasteiger charge is -2.14. The molecule has 11 heteroatoms. The molecule has 0 fully saturated rings. The third-order valence-electron chi connectivity index (χ3n) is 3.02. The Hall–Kier alpha value is -2.52. The molecule has 0 aliphatic rings. The van der Waals surface area contributed by atoms with Crippen molar-refractivity contribution >= 4 is 29.2 Å². The second kappa shape index (κ2) is 6.41. The van der Waals surface area contributed by atoms with Crippen molar-refractivity contribution in [1.82, 2.24) is 14.9 Å². The molecule has 0 atom stereocenters. The van der Waals surface area contributed by atoms with Crippen LogP contribution in [0.3, 0.4) is 0 Å². The van der Waals surface area contributed by atoms with Gasteiger partial charge in [-0.1, -0.05) is 34.4 Å². The van der Waals surface area contributed by atoms with Gasteiger partial charge >= 0.3 is 12.1 Å². The van der Waals surface area contributed by atoms with Crippen molar-refractivity contribution in [1.29, 1.82) is 0 Å². The predicted octanol–water partition coefficient (Wildman–Crippen LogP) is 4.41. The van der Waals surface area contributed by atoms with Gasteiger partial charge in [-0.3, -0.25) is 0 Å². The molecule has 0 aliphatic carbocycles. The van der Waals surface area contributed by atoms with Gasteiger partial charge in [-0.05, 0) is 12.1 Å². The molecule has 0 unspecified atom stereocenters. The Kier molecular flexibility index (Phi) is 4.44. The molecule has 0 spiro atoms. The SMILES string of the molecule is O=C(Oc1cnn(-c2c(Cl)cccc2Cl)c1C(F)(F)F)c1cnoc1. The summed E-state index contributed by atoms with van der Waals surface area (Å²) >= 11 is 11.9. The van der Waals surface area contributed by atoms with Crippen molar-refractivity contribution in [3.8, 4) is 11.4 Å². The third-order valence-corrected chi connectivity index (χ3v) is 3.63. The fourth-order valence-electron chi connectivity index (χ4n) is 1.99. The van der Waals surface area contributed by atoms with Gasteiger partial charge in [-0.25, -0.2) is 9.48 Å². The Morgan fingerprint density at radius 3 is 2.44 bits per heavy atom. The maximum absolute atomic E-state index is 13.5. The molecule has 0 saturated carbocycles. The summed E-state index contributed by atoms with van der Waals surface area (Å²) in [4.78, 5) is 11.9. The van der Waals surface area contributed by atoms with E-state index in [0.717, 1.165) is 18.7 Å². The summed E-state index contributed by atoms with van der Waals surface area (Å²) in [5.74, 6) is -1.90. The van der Waals surface area contributed by atoms with Gasteiger partial charge in [0.1, 0.15) is 17.5 Å². The highest BCUT2D eigenvalue weighted by Crippen LogP contribution is 2.40.